The zero-order valence-electron chi connectivity index (χ0n) is 14.2. The highest BCUT2D eigenvalue weighted by molar-refractivity contribution is 5.14. The standard InChI is InChI=1S/C20H35N/c1-3-5-6-7-8-12-15-20(21-18-4-2)17-16-19-13-10-9-11-14-19/h9-11,13-14,20-21H,3-8,12,15-18H2,1-2H3. The minimum Gasteiger partial charge on any atom is -0.314 e. The van der Waals surface area contributed by atoms with Crippen molar-refractivity contribution in [2.45, 2.75) is 84.1 Å². The third kappa shape index (κ3) is 9.68. The van der Waals surface area contributed by atoms with Crippen LogP contribution in [0.25, 0.3) is 0 Å². The van der Waals surface area contributed by atoms with Gasteiger partial charge < -0.3 is 5.32 Å². The van der Waals surface area contributed by atoms with Gasteiger partial charge in [-0.2, -0.15) is 0 Å². The molecule has 0 radical (unpaired) electrons. The first kappa shape index (κ1) is 18.2. The van der Waals surface area contributed by atoms with E-state index in [0.717, 1.165) is 6.54 Å². The maximum absolute atomic E-state index is 3.74. The summed E-state index contributed by atoms with van der Waals surface area (Å²) in [5, 5.41) is 3.74. The molecule has 0 aromatic heterocycles. The number of nitrogens with one attached hydrogen (secondary N) is 1. The van der Waals surface area contributed by atoms with Gasteiger partial charge in [-0.3, -0.25) is 0 Å². The van der Waals surface area contributed by atoms with Crippen molar-refractivity contribution >= 4 is 0 Å². The van der Waals surface area contributed by atoms with Gasteiger partial charge in [0.05, 0.1) is 0 Å². The highest BCUT2D eigenvalue weighted by atomic mass is 14.9. The number of hydrogen-bond acceptors (Lipinski definition) is 1. The van der Waals surface area contributed by atoms with Crippen LogP contribution >= 0.6 is 0 Å². The fraction of sp³-hybridized carbons (Fsp3) is 0.700. The van der Waals surface area contributed by atoms with Crippen LogP contribution in [0.3, 0.4) is 0 Å². The Balaban J connectivity index is 2.20. The zero-order valence-corrected chi connectivity index (χ0v) is 14.2. The second-order valence-electron chi connectivity index (χ2n) is 6.23. The topological polar surface area (TPSA) is 12.0 Å². The smallest absolute Gasteiger partial charge is 0.00702 e. The first-order valence-corrected chi connectivity index (χ1v) is 9.14. The molecule has 0 amide bonds. The molecule has 0 aliphatic rings. The molecule has 1 aromatic rings. The Morgan fingerprint density at radius 3 is 2.24 bits per heavy atom. The van der Waals surface area contributed by atoms with Gasteiger partial charge in [-0.15, -0.1) is 0 Å². The average Bonchev–Trinajstić information content (AvgIpc) is 2.53. The number of aryl methyl sites for hydroxylation is 1. The molecule has 0 aliphatic heterocycles. The molecule has 21 heavy (non-hydrogen) atoms. The highest BCUT2D eigenvalue weighted by Gasteiger charge is 2.07. The first-order chi connectivity index (χ1) is 10.4. The molecule has 0 spiro atoms. The predicted molar refractivity (Wildman–Crippen MR) is 94.8 cm³/mol. The van der Waals surface area contributed by atoms with Crippen molar-refractivity contribution in [1.29, 1.82) is 0 Å². The normalized spacial score (nSPS) is 12.5. The molecular weight excluding hydrogens is 254 g/mol. The summed E-state index contributed by atoms with van der Waals surface area (Å²) in [7, 11) is 0. The minimum atomic E-state index is 0.705. The Bertz CT molecular complexity index is 320. The third-order valence-corrected chi connectivity index (χ3v) is 4.21. The van der Waals surface area contributed by atoms with Crippen molar-refractivity contribution in [3.63, 3.8) is 0 Å². The molecule has 1 unspecified atom stereocenters. The molecule has 1 nitrogen and oxygen atoms in total. The summed E-state index contributed by atoms with van der Waals surface area (Å²) >= 11 is 0. The predicted octanol–water partition coefficient (Wildman–Crippen LogP) is 5.74. The van der Waals surface area contributed by atoms with Gasteiger partial charge in [0, 0.05) is 6.04 Å². The molecule has 1 heteroatoms. The Kier molecular flexibility index (Phi) is 11.2. The molecule has 0 bridgehead atoms. The van der Waals surface area contributed by atoms with E-state index >= 15 is 0 Å². The molecule has 0 fully saturated rings. The van der Waals surface area contributed by atoms with E-state index in [9.17, 15) is 0 Å². The van der Waals surface area contributed by atoms with E-state index in [4.69, 9.17) is 0 Å². The second-order valence-corrected chi connectivity index (χ2v) is 6.23. The van der Waals surface area contributed by atoms with E-state index in [0.29, 0.717) is 6.04 Å². The molecule has 120 valence electrons. The lowest BCUT2D eigenvalue weighted by molar-refractivity contribution is 0.430. The van der Waals surface area contributed by atoms with Crippen LogP contribution in [0.1, 0.15) is 77.2 Å². The second kappa shape index (κ2) is 12.9. The lowest BCUT2D eigenvalue weighted by atomic mass is 9.99. The number of unbranched alkanes of at least 4 members (excludes halogenated alkanes) is 5. The van der Waals surface area contributed by atoms with Crippen LogP contribution in [-0.2, 0) is 6.42 Å². The van der Waals surface area contributed by atoms with E-state index < -0.39 is 0 Å². The van der Waals surface area contributed by atoms with Crippen molar-refractivity contribution in [2.75, 3.05) is 6.54 Å². The summed E-state index contributed by atoms with van der Waals surface area (Å²) in [5.74, 6) is 0. The van der Waals surface area contributed by atoms with E-state index in [1.54, 1.807) is 0 Å². The van der Waals surface area contributed by atoms with Gasteiger partial charge in [0.2, 0.25) is 0 Å². The molecule has 1 rings (SSSR count). The number of rotatable bonds is 13. The quantitative estimate of drug-likeness (QED) is 0.457. The summed E-state index contributed by atoms with van der Waals surface area (Å²) in [4.78, 5) is 0. The maximum Gasteiger partial charge on any atom is 0.00702 e. The summed E-state index contributed by atoms with van der Waals surface area (Å²) < 4.78 is 0. The zero-order chi connectivity index (χ0) is 15.2. The Hall–Kier alpha value is -0.820. The van der Waals surface area contributed by atoms with Gasteiger partial charge >= 0.3 is 0 Å². The van der Waals surface area contributed by atoms with Crippen molar-refractivity contribution in [3.8, 4) is 0 Å². The van der Waals surface area contributed by atoms with E-state index in [1.807, 2.05) is 0 Å². The molecule has 0 heterocycles. The average molecular weight is 290 g/mol. The monoisotopic (exact) mass is 289 g/mol. The Labute approximate surface area is 132 Å². The van der Waals surface area contributed by atoms with Crippen LogP contribution in [0, 0.1) is 0 Å². The van der Waals surface area contributed by atoms with Gasteiger partial charge in [0.15, 0.2) is 0 Å². The van der Waals surface area contributed by atoms with Crippen molar-refractivity contribution in [3.05, 3.63) is 35.9 Å². The van der Waals surface area contributed by atoms with Gasteiger partial charge in [-0.25, -0.2) is 0 Å². The summed E-state index contributed by atoms with van der Waals surface area (Å²) in [6, 6.07) is 11.6. The van der Waals surface area contributed by atoms with Crippen molar-refractivity contribution < 1.29 is 0 Å². The molecule has 0 saturated carbocycles. The SMILES string of the molecule is CCCCCCCCC(CCc1ccccc1)NCCC. The van der Waals surface area contributed by atoms with Crippen LogP contribution in [0.15, 0.2) is 30.3 Å². The van der Waals surface area contributed by atoms with Gasteiger partial charge in [-0.05, 0) is 37.8 Å². The maximum atomic E-state index is 3.74. The highest BCUT2D eigenvalue weighted by Crippen LogP contribution is 2.13. The van der Waals surface area contributed by atoms with Crippen LogP contribution < -0.4 is 5.32 Å². The Morgan fingerprint density at radius 1 is 0.810 bits per heavy atom. The summed E-state index contributed by atoms with van der Waals surface area (Å²) in [6.45, 7) is 5.70. The van der Waals surface area contributed by atoms with Gasteiger partial charge in [0.1, 0.15) is 0 Å². The van der Waals surface area contributed by atoms with E-state index in [1.165, 1.54) is 69.8 Å². The van der Waals surface area contributed by atoms with Gasteiger partial charge in [-0.1, -0.05) is 82.7 Å². The fourth-order valence-corrected chi connectivity index (χ4v) is 2.85. The van der Waals surface area contributed by atoms with Gasteiger partial charge in [0.25, 0.3) is 0 Å². The van der Waals surface area contributed by atoms with E-state index in [2.05, 4.69) is 49.5 Å². The molecule has 0 aliphatic carbocycles. The fourth-order valence-electron chi connectivity index (χ4n) is 2.85. The summed E-state index contributed by atoms with van der Waals surface area (Å²) in [5.41, 5.74) is 1.48. The minimum absolute atomic E-state index is 0.705. The van der Waals surface area contributed by atoms with E-state index in [-0.39, 0.29) is 0 Å². The lowest BCUT2D eigenvalue weighted by Gasteiger charge is -2.18. The summed E-state index contributed by atoms with van der Waals surface area (Å²) in [6.07, 6.45) is 13.5. The molecular formula is C20H35N. The van der Waals surface area contributed by atoms with Crippen LogP contribution in [0.2, 0.25) is 0 Å². The lowest BCUT2D eigenvalue weighted by Crippen LogP contribution is -2.30. The Morgan fingerprint density at radius 2 is 1.52 bits per heavy atom. The van der Waals surface area contributed by atoms with Crippen LogP contribution in [-0.4, -0.2) is 12.6 Å². The van der Waals surface area contributed by atoms with Crippen molar-refractivity contribution in [2.24, 2.45) is 0 Å². The molecule has 1 aromatic carbocycles. The number of benzene rings is 1. The number of hydrogen-bond donors (Lipinski definition) is 1. The molecule has 1 N–H and O–H groups in total. The largest absolute Gasteiger partial charge is 0.314 e. The molecule has 0 saturated heterocycles. The molecule has 1 atom stereocenters. The van der Waals surface area contributed by atoms with Crippen LogP contribution in [0.4, 0.5) is 0 Å². The van der Waals surface area contributed by atoms with Crippen molar-refractivity contribution in [1.82, 2.24) is 5.32 Å². The van der Waals surface area contributed by atoms with Crippen LogP contribution in [0.5, 0.6) is 0 Å². The first-order valence-electron chi connectivity index (χ1n) is 9.14. The third-order valence-electron chi connectivity index (χ3n) is 4.21.